The predicted octanol–water partition coefficient (Wildman–Crippen LogP) is 3.33. The lowest BCUT2D eigenvalue weighted by atomic mass is 9.88. The quantitative estimate of drug-likeness (QED) is 0.811. The molecule has 0 saturated carbocycles. The zero-order valence-electron chi connectivity index (χ0n) is 16.8. The number of rotatable bonds is 5. The normalized spacial score (nSPS) is 18.9. The third-order valence-corrected chi connectivity index (χ3v) is 5.30. The van der Waals surface area contributed by atoms with E-state index in [1.807, 2.05) is 19.1 Å². The Kier molecular flexibility index (Phi) is 6.80. The molecule has 1 aromatic carbocycles. The van der Waals surface area contributed by atoms with E-state index in [-0.39, 0.29) is 29.7 Å². The molecule has 29 heavy (non-hydrogen) atoms. The van der Waals surface area contributed by atoms with Gasteiger partial charge in [-0.05, 0) is 55.5 Å². The summed E-state index contributed by atoms with van der Waals surface area (Å²) in [5, 5.41) is 5.78. The highest BCUT2D eigenvalue weighted by Gasteiger charge is 2.35. The minimum Gasteiger partial charge on any atom is -0.352 e. The van der Waals surface area contributed by atoms with Crippen molar-refractivity contribution in [3.63, 3.8) is 0 Å². The maximum atomic E-state index is 13.7. The highest BCUT2D eigenvalue weighted by Crippen LogP contribution is 2.34. The summed E-state index contributed by atoms with van der Waals surface area (Å²) in [5.41, 5.74) is 2.37. The minimum absolute atomic E-state index is 0.0723. The molecule has 2 N–H and O–H groups in total. The van der Waals surface area contributed by atoms with E-state index in [1.54, 1.807) is 36.4 Å². The standard InChI is InChI=1S/C22H27FN4O2/c1-3-25-22(29)27-14-18(21(28)26-13-16-5-4-10-24-12-16)7-9-20(27)17-6-8-19(23)15(2)11-17/h4-6,8,10-12,18,20H,3,7,9,13-14H2,1-2H3,(H,25,29)(H,26,28)/t18-,20+/m1/s1. The second-order valence-electron chi connectivity index (χ2n) is 7.37. The largest absolute Gasteiger partial charge is 0.352 e. The van der Waals surface area contributed by atoms with Crippen LogP contribution in [-0.4, -0.2) is 34.9 Å². The fourth-order valence-corrected chi connectivity index (χ4v) is 3.72. The number of aromatic nitrogens is 1. The number of piperidine rings is 1. The van der Waals surface area contributed by atoms with Gasteiger partial charge in [0.2, 0.25) is 5.91 Å². The molecular weight excluding hydrogens is 371 g/mol. The maximum absolute atomic E-state index is 13.7. The van der Waals surface area contributed by atoms with Gasteiger partial charge < -0.3 is 15.5 Å². The van der Waals surface area contributed by atoms with E-state index in [4.69, 9.17) is 0 Å². The van der Waals surface area contributed by atoms with Gasteiger partial charge in [-0.1, -0.05) is 18.2 Å². The molecular formula is C22H27FN4O2. The van der Waals surface area contributed by atoms with Gasteiger partial charge in [0.05, 0.1) is 12.0 Å². The van der Waals surface area contributed by atoms with Gasteiger partial charge in [-0.15, -0.1) is 0 Å². The van der Waals surface area contributed by atoms with Gasteiger partial charge in [0.25, 0.3) is 0 Å². The Bertz CT molecular complexity index is 859. The van der Waals surface area contributed by atoms with Crippen molar-refractivity contribution in [2.45, 2.75) is 39.3 Å². The molecule has 2 aromatic rings. The molecule has 0 aliphatic carbocycles. The summed E-state index contributed by atoms with van der Waals surface area (Å²) in [6, 6.07) is 8.30. The van der Waals surface area contributed by atoms with Crippen molar-refractivity contribution < 1.29 is 14.0 Å². The molecule has 1 fully saturated rings. The Labute approximate surface area is 170 Å². The van der Waals surface area contributed by atoms with Crippen LogP contribution in [0.25, 0.3) is 0 Å². The molecule has 0 spiro atoms. The van der Waals surface area contributed by atoms with E-state index in [1.165, 1.54) is 6.07 Å². The van der Waals surface area contributed by atoms with Crippen LogP contribution in [0.5, 0.6) is 0 Å². The van der Waals surface area contributed by atoms with Gasteiger partial charge >= 0.3 is 6.03 Å². The molecule has 0 bridgehead atoms. The van der Waals surface area contributed by atoms with E-state index >= 15 is 0 Å². The van der Waals surface area contributed by atoms with E-state index in [0.29, 0.717) is 38.0 Å². The van der Waals surface area contributed by atoms with E-state index in [0.717, 1.165) is 11.1 Å². The number of amides is 3. The highest BCUT2D eigenvalue weighted by molar-refractivity contribution is 5.81. The fourth-order valence-electron chi connectivity index (χ4n) is 3.72. The van der Waals surface area contributed by atoms with Crippen LogP contribution in [0, 0.1) is 18.7 Å². The Balaban J connectivity index is 1.71. The number of benzene rings is 1. The third-order valence-electron chi connectivity index (χ3n) is 5.30. The first kappa shape index (κ1) is 20.8. The second kappa shape index (κ2) is 9.49. The molecule has 2 atom stereocenters. The van der Waals surface area contributed by atoms with Crippen molar-refractivity contribution in [3.05, 3.63) is 65.2 Å². The van der Waals surface area contributed by atoms with Crippen molar-refractivity contribution in [2.75, 3.05) is 13.1 Å². The average Bonchev–Trinajstić information content (AvgIpc) is 2.74. The number of carbonyl (C=O) groups is 2. The number of hydrogen-bond acceptors (Lipinski definition) is 3. The molecule has 6 nitrogen and oxygen atoms in total. The van der Waals surface area contributed by atoms with Crippen molar-refractivity contribution in [1.82, 2.24) is 20.5 Å². The molecule has 2 heterocycles. The first-order valence-electron chi connectivity index (χ1n) is 9.96. The summed E-state index contributed by atoms with van der Waals surface area (Å²) in [6.07, 6.45) is 4.71. The van der Waals surface area contributed by atoms with Crippen molar-refractivity contribution >= 4 is 11.9 Å². The second-order valence-corrected chi connectivity index (χ2v) is 7.37. The molecule has 0 radical (unpaired) electrons. The molecule has 1 aliphatic rings. The van der Waals surface area contributed by atoms with Crippen LogP contribution >= 0.6 is 0 Å². The Morgan fingerprint density at radius 2 is 2.07 bits per heavy atom. The number of pyridine rings is 1. The lowest BCUT2D eigenvalue weighted by Crippen LogP contribution is -2.50. The lowest BCUT2D eigenvalue weighted by Gasteiger charge is -2.39. The molecule has 0 unspecified atom stereocenters. The van der Waals surface area contributed by atoms with Crippen LogP contribution in [0.15, 0.2) is 42.7 Å². The van der Waals surface area contributed by atoms with Gasteiger partial charge in [-0.3, -0.25) is 9.78 Å². The lowest BCUT2D eigenvalue weighted by molar-refractivity contribution is -0.126. The number of carbonyl (C=O) groups excluding carboxylic acids is 2. The number of halogens is 1. The molecule has 7 heteroatoms. The summed E-state index contributed by atoms with van der Waals surface area (Å²) in [7, 11) is 0. The number of likely N-dealkylation sites (tertiary alicyclic amines) is 1. The number of hydrogen-bond donors (Lipinski definition) is 2. The van der Waals surface area contributed by atoms with Gasteiger partial charge in [-0.25, -0.2) is 9.18 Å². The Hall–Kier alpha value is -2.96. The molecule has 1 aliphatic heterocycles. The van der Waals surface area contributed by atoms with Crippen LogP contribution in [0.3, 0.4) is 0 Å². The van der Waals surface area contributed by atoms with Crippen molar-refractivity contribution in [1.29, 1.82) is 0 Å². The first-order valence-corrected chi connectivity index (χ1v) is 9.96. The Morgan fingerprint density at radius 3 is 2.76 bits per heavy atom. The summed E-state index contributed by atoms with van der Waals surface area (Å²) >= 11 is 0. The van der Waals surface area contributed by atoms with Gasteiger partial charge in [0.1, 0.15) is 5.82 Å². The summed E-state index contributed by atoms with van der Waals surface area (Å²) < 4.78 is 13.7. The monoisotopic (exact) mass is 398 g/mol. The third kappa shape index (κ3) is 5.10. The fraction of sp³-hybridized carbons (Fsp3) is 0.409. The average molecular weight is 398 g/mol. The summed E-state index contributed by atoms with van der Waals surface area (Å²) in [5.74, 6) is -0.620. The highest BCUT2D eigenvalue weighted by atomic mass is 19.1. The molecule has 154 valence electrons. The first-order chi connectivity index (χ1) is 14.0. The smallest absolute Gasteiger partial charge is 0.317 e. The van der Waals surface area contributed by atoms with Gasteiger partial charge in [-0.2, -0.15) is 0 Å². The van der Waals surface area contributed by atoms with Crippen molar-refractivity contribution in [3.8, 4) is 0 Å². The Morgan fingerprint density at radius 1 is 1.24 bits per heavy atom. The van der Waals surface area contributed by atoms with Gasteiger partial charge in [0.15, 0.2) is 0 Å². The van der Waals surface area contributed by atoms with E-state index < -0.39 is 0 Å². The van der Waals surface area contributed by atoms with E-state index in [9.17, 15) is 14.0 Å². The number of nitrogens with zero attached hydrogens (tertiary/aromatic N) is 2. The number of aryl methyl sites for hydroxylation is 1. The summed E-state index contributed by atoms with van der Waals surface area (Å²) in [4.78, 5) is 31.1. The van der Waals surface area contributed by atoms with E-state index in [2.05, 4.69) is 15.6 Å². The molecule has 3 rings (SSSR count). The number of nitrogens with one attached hydrogen (secondary N) is 2. The molecule has 1 aromatic heterocycles. The maximum Gasteiger partial charge on any atom is 0.317 e. The summed E-state index contributed by atoms with van der Waals surface area (Å²) in [6.45, 7) is 4.81. The van der Waals surface area contributed by atoms with Gasteiger partial charge in [0, 0.05) is 32.0 Å². The van der Waals surface area contributed by atoms with Crippen LogP contribution in [0.4, 0.5) is 9.18 Å². The molecule has 3 amide bonds. The zero-order valence-corrected chi connectivity index (χ0v) is 16.8. The van der Waals surface area contributed by atoms with Crippen LogP contribution in [-0.2, 0) is 11.3 Å². The molecule has 1 saturated heterocycles. The van der Waals surface area contributed by atoms with Crippen LogP contribution in [0.2, 0.25) is 0 Å². The van der Waals surface area contributed by atoms with Crippen LogP contribution in [0.1, 0.15) is 42.5 Å². The van der Waals surface area contributed by atoms with Crippen LogP contribution < -0.4 is 10.6 Å². The zero-order chi connectivity index (χ0) is 20.8. The van der Waals surface area contributed by atoms with Crippen molar-refractivity contribution in [2.24, 2.45) is 5.92 Å². The topological polar surface area (TPSA) is 74.3 Å². The number of urea groups is 1. The predicted molar refractivity (Wildman–Crippen MR) is 108 cm³/mol. The minimum atomic E-state index is -0.285. The SMILES string of the molecule is CCNC(=O)N1C[C@H](C(=O)NCc2cccnc2)CC[C@H]1c1ccc(F)c(C)c1.